The van der Waals surface area contributed by atoms with E-state index in [1.807, 2.05) is 30.3 Å². The van der Waals surface area contributed by atoms with Crippen molar-refractivity contribution >= 4 is 0 Å². The first kappa shape index (κ1) is 17.2. The van der Waals surface area contributed by atoms with Gasteiger partial charge in [0.1, 0.15) is 5.75 Å². The van der Waals surface area contributed by atoms with Crippen LogP contribution in [0.2, 0.25) is 0 Å². The Labute approximate surface area is 139 Å². The third kappa shape index (κ3) is 5.85. The van der Waals surface area contributed by atoms with E-state index in [-0.39, 0.29) is 0 Å². The van der Waals surface area contributed by atoms with Crippen molar-refractivity contribution in [3.8, 4) is 17.1 Å². The highest BCUT2D eigenvalue weighted by atomic mass is 16.5. The molecule has 1 aromatic heterocycles. The lowest BCUT2D eigenvalue weighted by atomic mass is 10.0. The lowest BCUT2D eigenvalue weighted by Gasteiger charge is -2.13. The van der Waals surface area contributed by atoms with E-state index in [1.54, 1.807) is 12.4 Å². The van der Waals surface area contributed by atoms with Crippen LogP contribution < -0.4 is 4.74 Å². The number of ether oxygens (including phenoxy) is 1. The lowest BCUT2D eigenvalue weighted by Crippen LogP contribution is -2.05. The highest BCUT2D eigenvalue weighted by Gasteiger charge is 2.08. The number of benzene rings is 1. The van der Waals surface area contributed by atoms with Gasteiger partial charge in [0.2, 0.25) is 0 Å². The lowest BCUT2D eigenvalue weighted by molar-refractivity contribution is 0.280. The number of allylic oxidation sites excluding steroid dienone is 2. The molecule has 1 unspecified atom stereocenters. The van der Waals surface area contributed by atoms with Crippen molar-refractivity contribution in [1.29, 1.82) is 0 Å². The maximum absolute atomic E-state index is 5.99. The van der Waals surface area contributed by atoms with Crippen molar-refractivity contribution in [2.45, 2.75) is 40.0 Å². The van der Waals surface area contributed by atoms with Gasteiger partial charge in [0.05, 0.1) is 12.2 Å². The predicted octanol–water partition coefficient (Wildman–Crippen LogP) is 5.30. The van der Waals surface area contributed by atoms with Gasteiger partial charge in [0.15, 0.2) is 5.82 Å². The zero-order chi connectivity index (χ0) is 16.5. The van der Waals surface area contributed by atoms with Crippen LogP contribution in [0, 0.1) is 5.92 Å². The zero-order valence-corrected chi connectivity index (χ0v) is 14.3. The Morgan fingerprint density at radius 2 is 1.83 bits per heavy atom. The number of hydrogen-bond acceptors (Lipinski definition) is 3. The van der Waals surface area contributed by atoms with Crippen molar-refractivity contribution in [2.75, 3.05) is 6.61 Å². The van der Waals surface area contributed by atoms with Crippen LogP contribution in [-0.4, -0.2) is 16.6 Å². The summed E-state index contributed by atoms with van der Waals surface area (Å²) in [5.41, 5.74) is 2.34. The molecule has 3 nitrogen and oxygen atoms in total. The van der Waals surface area contributed by atoms with Crippen molar-refractivity contribution in [3.05, 3.63) is 54.4 Å². The van der Waals surface area contributed by atoms with Gasteiger partial charge < -0.3 is 4.74 Å². The highest BCUT2D eigenvalue weighted by molar-refractivity contribution is 5.63. The normalized spacial score (nSPS) is 11.8. The van der Waals surface area contributed by atoms with E-state index in [1.165, 1.54) is 12.0 Å². The molecule has 2 aromatic rings. The topological polar surface area (TPSA) is 35.0 Å². The minimum Gasteiger partial charge on any atom is -0.493 e. The molecule has 0 N–H and O–H groups in total. The fraction of sp³-hybridized carbons (Fsp3) is 0.400. The maximum atomic E-state index is 5.99. The number of nitrogens with zero attached hydrogens (tertiary/aromatic N) is 2. The molecule has 0 fully saturated rings. The minimum atomic E-state index is 0.658. The largest absolute Gasteiger partial charge is 0.493 e. The SMILES string of the molecule is CC(C)=CCCC(C)CCOc1ccccc1-c1ncccn1. The molecule has 0 aliphatic rings. The third-order valence-corrected chi connectivity index (χ3v) is 3.77. The maximum Gasteiger partial charge on any atom is 0.162 e. The van der Waals surface area contributed by atoms with Crippen LogP contribution in [0.25, 0.3) is 11.4 Å². The standard InChI is InChI=1S/C20H26N2O/c1-16(2)8-6-9-17(3)12-15-23-19-11-5-4-10-18(19)20-21-13-7-14-22-20/h4-5,7-8,10-11,13-14,17H,6,9,12,15H2,1-3H3. The van der Waals surface area contributed by atoms with Crippen molar-refractivity contribution in [3.63, 3.8) is 0 Å². The first-order valence-electron chi connectivity index (χ1n) is 8.29. The van der Waals surface area contributed by atoms with E-state index < -0.39 is 0 Å². The molecule has 2 rings (SSSR count). The molecule has 0 saturated heterocycles. The zero-order valence-electron chi connectivity index (χ0n) is 14.3. The summed E-state index contributed by atoms with van der Waals surface area (Å²) in [4.78, 5) is 8.62. The van der Waals surface area contributed by atoms with Crippen molar-refractivity contribution in [1.82, 2.24) is 9.97 Å². The molecule has 0 aliphatic carbocycles. The monoisotopic (exact) mass is 310 g/mol. The molecular weight excluding hydrogens is 284 g/mol. The van der Waals surface area contributed by atoms with Gasteiger partial charge in [-0.05, 0) is 57.2 Å². The number of para-hydroxylation sites is 1. The molecule has 23 heavy (non-hydrogen) atoms. The molecule has 1 aromatic carbocycles. The average molecular weight is 310 g/mol. The van der Waals surface area contributed by atoms with Gasteiger partial charge in [-0.1, -0.05) is 30.7 Å². The average Bonchev–Trinajstić information content (AvgIpc) is 2.56. The van der Waals surface area contributed by atoms with Crippen molar-refractivity contribution in [2.24, 2.45) is 5.92 Å². The molecule has 0 amide bonds. The molecule has 0 saturated carbocycles. The van der Waals surface area contributed by atoms with Crippen LogP contribution in [0.1, 0.15) is 40.0 Å². The van der Waals surface area contributed by atoms with Gasteiger partial charge in [-0.2, -0.15) is 0 Å². The molecule has 0 spiro atoms. The van der Waals surface area contributed by atoms with E-state index in [9.17, 15) is 0 Å². The molecule has 0 radical (unpaired) electrons. The summed E-state index contributed by atoms with van der Waals surface area (Å²) < 4.78 is 5.99. The third-order valence-electron chi connectivity index (χ3n) is 3.77. The van der Waals surface area contributed by atoms with Gasteiger partial charge in [-0.25, -0.2) is 9.97 Å². The summed E-state index contributed by atoms with van der Waals surface area (Å²) >= 11 is 0. The Hall–Kier alpha value is -2.16. The smallest absolute Gasteiger partial charge is 0.162 e. The minimum absolute atomic E-state index is 0.658. The van der Waals surface area contributed by atoms with E-state index in [2.05, 4.69) is 36.8 Å². The molecular formula is C20H26N2O. The van der Waals surface area contributed by atoms with Crippen LogP contribution in [0.4, 0.5) is 0 Å². The van der Waals surface area contributed by atoms with Crippen LogP contribution in [0.3, 0.4) is 0 Å². The van der Waals surface area contributed by atoms with Crippen LogP contribution in [0.5, 0.6) is 5.75 Å². The number of hydrogen-bond donors (Lipinski definition) is 0. The van der Waals surface area contributed by atoms with Gasteiger partial charge in [-0.3, -0.25) is 0 Å². The fourth-order valence-electron chi connectivity index (χ4n) is 2.39. The Bertz CT molecular complexity index is 619. The van der Waals surface area contributed by atoms with Gasteiger partial charge >= 0.3 is 0 Å². The predicted molar refractivity (Wildman–Crippen MR) is 95.4 cm³/mol. The number of aromatic nitrogens is 2. The van der Waals surface area contributed by atoms with Crippen LogP contribution in [0.15, 0.2) is 54.4 Å². The second-order valence-corrected chi connectivity index (χ2v) is 6.17. The summed E-state index contributed by atoms with van der Waals surface area (Å²) in [6.07, 6.45) is 9.23. The fourth-order valence-corrected chi connectivity index (χ4v) is 2.39. The van der Waals surface area contributed by atoms with E-state index >= 15 is 0 Å². The molecule has 0 aliphatic heterocycles. The Morgan fingerprint density at radius 3 is 2.57 bits per heavy atom. The molecule has 3 heteroatoms. The van der Waals surface area contributed by atoms with E-state index in [4.69, 9.17) is 4.74 Å². The van der Waals surface area contributed by atoms with Gasteiger partial charge in [-0.15, -0.1) is 0 Å². The molecule has 0 bridgehead atoms. The molecule has 122 valence electrons. The van der Waals surface area contributed by atoms with Crippen LogP contribution >= 0.6 is 0 Å². The first-order valence-corrected chi connectivity index (χ1v) is 8.29. The Kier molecular flexibility index (Phi) is 6.79. The van der Waals surface area contributed by atoms with Crippen LogP contribution in [-0.2, 0) is 0 Å². The van der Waals surface area contributed by atoms with E-state index in [0.717, 1.165) is 30.8 Å². The molecule has 1 atom stereocenters. The van der Waals surface area contributed by atoms with Crippen molar-refractivity contribution < 1.29 is 4.74 Å². The summed E-state index contributed by atoms with van der Waals surface area (Å²) in [6, 6.07) is 9.78. The van der Waals surface area contributed by atoms with Gasteiger partial charge in [0.25, 0.3) is 0 Å². The van der Waals surface area contributed by atoms with E-state index in [0.29, 0.717) is 11.7 Å². The molecule has 1 heterocycles. The summed E-state index contributed by atoms with van der Waals surface area (Å²) in [7, 11) is 0. The summed E-state index contributed by atoms with van der Waals surface area (Å²) in [6.45, 7) is 7.31. The quantitative estimate of drug-likeness (QED) is 0.621. The summed E-state index contributed by atoms with van der Waals surface area (Å²) in [5.74, 6) is 2.22. The van der Waals surface area contributed by atoms with Gasteiger partial charge in [0, 0.05) is 12.4 Å². The Balaban J connectivity index is 1.88. The summed E-state index contributed by atoms with van der Waals surface area (Å²) in [5, 5.41) is 0. The second-order valence-electron chi connectivity index (χ2n) is 6.17. The highest BCUT2D eigenvalue weighted by Crippen LogP contribution is 2.27. The number of rotatable bonds is 8. The second kappa shape index (κ2) is 9.09. The first-order chi connectivity index (χ1) is 11.2. The Morgan fingerprint density at radius 1 is 1.09 bits per heavy atom.